The van der Waals surface area contributed by atoms with E-state index in [2.05, 4.69) is 28.5 Å². The van der Waals surface area contributed by atoms with Crippen LogP contribution in [0.2, 0.25) is 0 Å². The smallest absolute Gasteiger partial charge is 0.119 e. The van der Waals surface area contributed by atoms with Gasteiger partial charge in [-0.2, -0.15) is 0 Å². The van der Waals surface area contributed by atoms with Crippen molar-refractivity contribution < 1.29 is 4.74 Å². The first-order valence-electron chi connectivity index (χ1n) is 6.67. The molecular weight excluding hydrogens is 236 g/mol. The van der Waals surface area contributed by atoms with E-state index < -0.39 is 0 Å². The summed E-state index contributed by atoms with van der Waals surface area (Å²) in [5, 5.41) is 3.59. The van der Waals surface area contributed by atoms with Gasteiger partial charge in [0.15, 0.2) is 0 Å². The highest BCUT2D eigenvalue weighted by molar-refractivity contribution is 5.30. The van der Waals surface area contributed by atoms with Crippen molar-refractivity contribution in [2.24, 2.45) is 0 Å². The number of rotatable bonds is 4. The summed E-state index contributed by atoms with van der Waals surface area (Å²) in [6.45, 7) is 0.845. The number of hydrogen-bond acceptors (Lipinski definition) is 3. The molecule has 0 spiro atoms. The van der Waals surface area contributed by atoms with Gasteiger partial charge in [0.05, 0.1) is 18.8 Å². The third-order valence-electron chi connectivity index (χ3n) is 3.65. The number of aryl methyl sites for hydroxylation is 1. The summed E-state index contributed by atoms with van der Waals surface area (Å²) in [6.07, 6.45) is 4.14. The van der Waals surface area contributed by atoms with Crippen LogP contribution in [-0.2, 0) is 13.0 Å². The Labute approximate surface area is 113 Å². The predicted molar refractivity (Wildman–Crippen MR) is 75.1 cm³/mol. The fourth-order valence-corrected chi connectivity index (χ4v) is 2.63. The molecule has 0 fully saturated rings. The molecule has 0 saturated carbocycles. The van der Waals surface area contributed by atoms with Crippen molar-refractivity contribution in [3.63, 3.8) is 0 Å². The van der Waals surface area contributed by atoms with Gasteiger partial charge in [-0.3, -0.25) is 4.98 Å². The van der Waals surface area contributed by atoms with Crippen LogP contribution in [0, 0.1) is 0 Å². The molecule has 1 aliphatic carbocycles. The number of nitrogens with one attached hydrogen (secondary N) is 1. The van der Waals surface area contributed by atoms with Crippen molar-refractivity contribution in [2.75, 3.05) is 7.11 Å². The van der Waals surface area contributed by atoms with Crippen LogP contribution in [0.25, 0.3) is 0 Å². The topological polar surface area (TPSA) is 34.1 Å². The fraction of sp³-hybridized carbons (Fsp3) is 0.312. The number of benzene rings is 1. The number of ether oxygens (including phenoxy) is 1. The lowest BCUT2D eigenvalue weighted by atomic mass is 10.1. The highest BCUT2D eigenvalue weighted by atomic mass is 16.5. The highest BCUT2D eigenvalue weighted by Crippen LogP contribution is 2.29. The summed E-state index contributed by atoms with van der Waals surface area (Å²) in [6, 6.07) is 12.7. The van der Waals surface area contributed by atoms with Gasteiger partial charge in [-0.05, 0) is 42.2 Å². The predicted octanol–water partition coefficient (Wildman–Crippen LogP) is 2.87. The molecule has 1 heterocycles. The van der Waals surface area contributed by atoms with E-state index in [4.69, 9.17) is 4.74 Å². The van der Waals surface area contributed by atoms with Crippen LogP contribution in [0.5, 0.6) is 5.75 Å². The first kappa shape index (κ1) is 12.2. The molecule has 0 bridgehead atoms. The van der Waals surface area contributed by atoms with Crippen molar-refractivity contribution in [1.29, 1.82) is 0 Å². The minimum atomic E-state index is 0.377. The molecule has 0 saturated heterocycles. The summed E-state index contributed by atoms with van der Waals surface area (Å²) in [4.78, 5) is 4.50. The normalized spacial score (nSPS) is 17.2. The molecule has 1 unspecified atom stereocenters. The van der Waals surface area contributed by atoms with Crippen LogP contribution < -0.4 is 10.1 Å². The summed E-state index contributed by atoms with van der Waals surface area (Å²) in [5.41, 5.74) is 3.83. The number of pyridine rings is 1. The lowest BCUT2D eigenvalue weighted by Gasteiger charge is -2.13. The minimum absolute atomic E-state index is 0.377. The average Bonchev–Trinajstić information content (AvgIpc) is 2.89. The van der Waals surface area contributed by atoms with Gasteiger partial charge in [0.2, 0.25) is 0 Å². The lowest BCUT2D eigenvalue weighted by Crippen LogP contribution is -2.19. The molecule has 1 aromatic carbocycles. The van der Waals surface area contributed by atoms with E-state index in [0.29, 0.717) is 6.04 Å². The van der Waals surface area contributed by atoms with Gasteiger partial charge in [-0.1, -0.05) is 18.2 Å². The second-order valence-electron chi connectivity index (χ2n) is 4.87. The number of hydrogen-bond donors (Lipinski definition) is 1. The number of nitrogens with zero attached hydrogens (tertiary/aromatic N) is 1. The van der Waals surface area contributed by atoms with Crippen LogP contribution in [0.3, 0.4) is 0 Å². The molecule has 0 amide bonds. The van der Waals surface area contributed by atoms with Gasteiger partial charge >= 0.3 is 0 Å². The number of aromatic nitrogens is 1. The molecule has 0 radical (unpaired) electrons. The van der Waals surface area contributed by atoms with E-state index in [9.17, 15) is 0 Å². The van der Waals surface area contributed by atoms with Crippen molar-refractivity contribution in [2.45, 2.75) is 25.4 Å². The van der Waals surface area contributed by atoms with Gasteiger partial charge in [0.1, 0.15) is 5.75 Å². The molecule has 2 aromatic rings. The molecule has 19 heavy (non-hydrogen) atoms. The van der Waals surface area contributed by atoms with E-state index in [-0.39, 0.29) is 0 Å². The first-order chi connectivity index (χ1) is 9.36. The number of methoxy groups -OCH3 is 1. The van der Waals surface area contributed by atoms with Crippen LogP contribution in [0.15, 0.2) is 42.6 Å². The van der Waals surface area contributed by atoms with E-state index in [1.165, 1.54) is 16.8 Å². The summed E-state index contributed by atoms with van der Waals surface area (Å²) >= 11 is 0. The van der Waals surface area contributed by atoms with E-state index in [1.54, 1.807) is 7.11 Å². The van der Waals surface area contributed by atoms with Gasteiger partial charge in [0, 0.05) is 12.7 Å². The molecule has 1 atom stereocenters. The van der Waals surface area contributed by atoms with E-state index in [1.807, 2.05) is 24.4 Å². The Kier molecular flexibility index (Phi) is 3.47. The maximum absolute atomic E-state index is 5.24. The highest BCUT2D eigenvalue weighted by Gasteiger charge is 2.22. The van der Waals surface area contributed by atoms with Gasteiger partial charge in [-0.15, -0.1) is 0 Å². The quantitative estimate of drug-likeness (QED) is 0.911. The molecule has 0 aliphatic heterocycles. The first-order valence-corrected chi connectivity index (χ1v) is 6.67. The Morgan fingerprint density at radius 3 is 3.16 bits per heavy atom. The SMILES string of the molecule is COc1cccc(CNC2CCc3cccnc32)c1. The van der Waals surface area contributed by atoms with Crippen LogP contribution in [0.1, 0.15) is 29.3 Å². The Morgan fingerprint density at radius 2 is 2.26 bits per heavy atom. The van der Waals surface area contributed by atoms with Gasteiger partial charge < -0.3 is 10.1 Å². The molecule has 3 nitrogen and oxygen atoms in total. The van der Waals surface area contributed by atoms with Crippen molar-refractivity contribution in [3.05, 3.63) is 59.4 Å². The Hall–Kier alpha value is -1.87. The van der Waals surface area contributed by atoms with Crippen LogP contribution in [-0.4, -0.2) is 12.1 Å². The van der Waals surface area contributed by atoms with Gasteiger partial charge in [0.25, 0.3) is 0 Å². The molecule has 3 rings (SSSR count). The van der Waals surface area contributed by atoms with E-state index >= 15 is 0 Å². The van der Waals surface area contributed by atoms with Crippen molar-refractivity contribution in [3.8, 4) is 5.75 Å². The maximum Gasteiger partial charge on any atom is 0.119 e. The second-order valence-corrected chi connectivity index (χ2v) is 4.87. The molecule has 98 valence electrons. The number of fused-ring (bicyclic) bond motifs is 1. The zero-order valence-electron chi connectivity index (χ0n) is 11.1. The standard InChI is InChI=1S/C16H18N2O/c1-19-14-6-2-4-12(10-14)11-18-15-8-7-13-5-3-9-17-16(13)15/h2-6,9-10,15,18H,7-8,11H2,1H3. The summed E-state index contributed by atoms with van der Waals surface area (Å²) in [7, 11) is 1.70. The van der Waals surface area contributed by atoms with Crippen LogP contribution >= 0.6 is 0 Å². The minimum Gasteiger partial charge on any atom is -0.497 e. The van der Waals surface area contributed by atoms with Crippen LogP contribution in [0.4, 0.5) is 0 Å². The van der Waals surface area contributed by atoms with Crippen molar-refractivity contribution in [1.82, 2.24) is 10.3 Å². The zero-order chi connectivity index (χ0) is 13.1. The summed E-state index contributed by atoms with van der Waals surface area (Å²) < 4.78 is 5.24. The molecule has 1 aromatic heterocycles. The second kappa shape index (κ2) is 5.41. The Bertz CT molecular complexity index is 568. The largest absolute Gasteiger partial charge is 0.497 e. The Balaban J connectivity index is 1.67. The average molecular weight is 254 g/mol. The molecule has 1 aliphatic rings. The molecule has 1 N–H and O–H groups in total. The third kappa shape index (κ3) is 2.61. The molecular formula is C16H18N2O. The lowest BCUT2D eigenvalue weighted by molar-refractivity contribution is 0.413. The zero-order valence-corrected chi connectivity index (χ0v) is 11.1. The maximum atomic E-state index is 5.24. The molecule has 3 heteroatoms. The fourth-order valence-electron chi connectivity index (χ4n) is 2.63. The monoisotopic (exact) mass is 254 g/mol. The van der Waals surface area contributed by atoms with Gasteiger partial charge in [-0.25, -0.2) is 0 Å². The third-order valence-corrected chi connectivity index (χ3v) is 3.65. The van der Waals surface area contributed by atoms with Crippen molar-refractivity contribution >= 4 is 0 Å². The summed E-state index contributed by atoms with van der Waals surface area (Å²) in [5.74, 6) is 0.907. The Morgan fingerprint density at radius 1 is 1.32 bits per heavy atom. The van der Waals surface area contributed by atoms with E-state index in [0.717, 1.165) is 25.1 Å².